The number of piperazine rings is 1. The Bertz CT molecular complexity index is 1080. The monoisotopic (exact) mass is 504 g/mol. The van der Waals surface area contributed by atoms with E-state index in [1.807, 2.05) is 12.1 Å². The van der Waals surface area contributed by atoms with Crippen molar-refractivity contribution >= 4 is 33.2 Å². The van der Waals surface area contributed by atoms with Gasteiger partial charge >= 0.3 is 5.56 Å². The predicted octanol–water partition coefficient (Wildman–Crippen LogP) is 3.56. The van der Waals surface area contributed by atoms with Crippen LogP contribution in [0.15, 0.2) is 64.0 Å². The lowest BCUT2D eigenvalue weighted by Gasteiger charge is -2.36. The molecule has 3 aromatic rings. The number of aromatic nitrogens is 2. The molecule has 162 valence electrons. The van der Waals surface area contributed by atoms with Crippen molar-refractivity contribution in [2.24, 2.45) is 0 Å². The third-order valence-electron chi connectivity index (χ3n) is 5.15. The van der Waals surface area contributed by atoms with Gasteiger partial charge < -0.3 is 14.7 Å². The van der Waals surface area contributed by atoms with Crippen LogP contribution in [0.1, 0.15) is 0 Å². The van der Waals surface area contributed by atoms with Crippen molar-refractivity contribution in [3.8, 4) is 17.2 Å². The van der Waals surface area contributed by atoms with Crippen molar-refractivity contribution in [2.45, 2.75) is 0 Å². The Balaban J connectivity index is 1.71. The number of rotatable bonds is 6. The molecule has 0 aliphatic carbocycles. The van der Waals surface area contributed by atoms with Crippen molar-refractivity contribution < 1.29 is 9.84 Å². The molecular weight excluding hydrogens is 484 g/mol. The van der Waals surface area contributed by atoms with E-state index in [0.29, 0.717) is 41.8 Å². The molecule has 0 saturated carbocycles. The third kappa shape index (κ3) is 5.10. The van der Waals surface area contributed by atoms with Gasteiger partial charge in [0, 0.05) is 42.2 Å². The summed E-state index contributed by atoms with van der Waals surface area (Å²) in [4.78, 5) is 17.7. The Morgan fingerprint density at radius 1 is 1.03 bits per heavy atom. The number of nitrogens with zero attached hydrogens (tertiary/aromatic N) is 4. The first-order chi connectivity index (χ1) is 15.0. The quantitative estimate of drug-likeness (QED) is 0.552. The number of β-amino-alcohol motifs (C(OH)–C–C–N with tert-alkyl or cyclic N) is 1. The van der Waals surface area contributed by atoms with Gasteiger partial charge in [0.25, 0.3) is 0 Å². The van der Waals surface area contributed by atoms with Crippen molar-refractivity contribution in [3.63, 3.8) is 0 Å². The highest BCUT2D eigenvalue weighted by Crippen LogP contribution is 2.30. The minimum Gasteiger partial charge on any atom is -0.449 e. The van der Waals surface area contributed by atoms with Crippen LogP contribution < -0.4 is 15.2 Å². The number of hydrogen-bond acceptors (Lipinski definition) is 6. The Morgan fingerprint density at radius 3 is 2.35 bits per heavy atom. The number of benzene rings is 2. The maximum atomic E-state index is 13.4. The highest BCUT2D eigenvalue weighted by molar-refractivity contribution is 9.10. The summed E-state index contributed by atoms with van der Waals surface area (Å²) >= 11 is 9.40. The number of aliphatic hydroxyl groups excluding tert-OH is 1. The van der Waals surface area contributed by atoms with E-state index in [9.17, 15) is 9.90 Å². The molecule has 0 spiro atoms. The lowest BCUT2D eigenvalue weighted by Crippen LogP contribution is -2.47. The molecule has 4 rings (SSSR count). The van der Waals surface area contributed by atoms with E-state index in [-0.39, 0.29) is 17.9 Å². The molecule has 2 heterocycles. The van der Waals surface area contributed by atoms with Crippen LogP contribution in [0.2, 0.25) is 5.02 Å². The largest absolute Gasteiger partial charge is 0.449 e. The van der Waals surface area contributed by atoms with Gasteiger partial charge in [0.05, 0.1) is 18.5 Å². The number of halogens is 2. The van der Waals surface area contributed by atoms with Crippen LogP contribution in [0, 0.1) is 0 Å². The molecule has 1 saturated heterocycles. The zero-order valence-electron chi connectivity index (χ0n) is 16.7. The Labute approximate surface area is 193 Å². The van der Waals surface area contributed by atoms with Gasteiger partial charge in [0.2, 0.25) is 5.75 Å². The molecule has 0 unspecified atom stereocenters. The van der Waals surface area contributed by atoms with Gasteiger partial charge in [0.15, 0.2) is 0 Å². The molecule has 7 nitrogen and oxygen atoms in total. The van der Waals surface area contributed by atoms with Crippen LogP contribution in [0.4, 0.5) is 5.69 Å². The average molecular weight is 506 g/mol. The van der Waals surface area contributed by atoms with E-state index in [2.05, 4.69) is 30.8 Å². The molecule has 2 aromatic carbocycles. The van der Waals surface area contributed by atoms with E-state index in [4.69, 9.17) is 16.3 Å². The summed E-state index contributed by atoms with van der Waals surface area (Å²) in [7, 11) is 0. The molecule has 1 fully saturated rings. The van der Waals surface area contributed by atoms with Crippen molar-refractivity contribution in [3.05, 3.63) is 74.6 Å². The Kier molecular flexibility index (Phi) is 6.92. The third-order valence-corrected chi connectivity index (χ3v) is 5.93. The first kappa shape index (κ1) is 21.8. The molecule has 1 N–H and O–H groups in total. The van der Waals surface area contributed by atoms with Crippen LogP contribution in [0.3, 0.4) is 0 Å². The zero-order valence-corrected chi connectivity index (χ0v) is 19.1. The summed E-state index contributed by atoms with van der Waals surface area (Å²) in [5.41, 5.74) is 0.914. The molecule has 9 heteroatoms. The molecule has 1 aliphatic heterocycles. The van der Waals surface area contributed by atoms with Gasteiger partial charge in [-0.2, -0.15) is 9.78 Å². The van der Waals surface area contributed by atoms with Crippen LogP contribution in [-0.2, 0) is 0 Å². The van der Waals surface area contributed by atoms with Crippen LogP contribution in [0.25, 0.3) is 5.69 Å². The second-order valence-electron chi connectivity index (χ2n) is 7.16. The van der Waals surface area contributed by atoms with E-state index < -0.39 is 0 Å². The Morgan fingerprint density at radius 2 is 1.71 bits per heavy atom. The summed E-state index contributed by atoms with van der Waals surface area (Å²) in [6, 6.07) is 14.3. The summed E-state index contributed by atoms with van der Waals surface area (Å²) < 4.78 is 8.33. The summed E-state index contributed by atoms with van der Waals surface area (Å²) in [6.07, 6.45) is 1.67. The zero-order chi connectivity index (χ0) is 21.8. The molecular formula is C22H22BrClN4O3. The maximum Gasteiger partial charge on any atom is 0.316 e. The second-order valence-corrected chi connectivity index (χ2v) is 8.51. The van der Waals surface area contributed by atoms with Crippen molar-refractivity contribution in [1.82, 2.24) is 14.7 Å². The van der Waals surface area contributed by atoms with E-state index in [1.54, 1.807) is 42.6 Å². The van der Waals surface area contributed by atoms with Gasteiger partial charge in [0.1, 0.15) is 11.4 Å². The van der Waals surface area contributed by atoms with Crippen LogP contribution in [-0.4, -0.2) is 59.1 Å². The van der Waals surface area contributed by atoms with Gasteiger partial charge in [-0.3, -0.25) is 9.69 Å². The lowest BCUT2D eigenvalue weighted by molar-refractivity contribution is 0.188. The molecule has 0 radical (unpaired) electrons. The highest BCUT2D eigenvalue weighted by Gasteiger charge is 2.23. The van der Waals surface area contributed by atoms with E-state index >= 15 is 0 Å². The smallest absolute Gasteiger partial charge is 0.316 e. The van der Waals surface area contributed by atoms with Gasteiger partial charge in [-0.25, -0.2) is 0 Å². The summed E-state index contributed by atoms with van der Waals surface area (Å²) in [5, 5.41) is 14.2. The SMILES string of the molecule is O=c1c(Oc2ccc(Br)cc2)c(N2CCN(CCO)CC2)cnn1-c1ccc(Cl)cc1. The maximum absolute atomic E-state index is 13.4. The van der Waals surface area contributed by atoms with E-state index in [0.717, 1.165) is 17.6 Å². The Hall–Kier alpha value is -2.39. The normalized spacial score (nSPS) is 14.6. The molecule has 0 amide bonds. The van der Waals surface area contributed by atoms with Crippen LogP contribution >= 0.6 is 27.5 Å². The van der Waals surface area contributed by atoms with Crippen LogP contribution in [0.5, 0.6) is 11.5 Å². The first-order valence-electron chi connectivity index (χ1n) is 9.95. The highest BCUT2D eigenvalue weighted by atomic mass is 79.9. The topological polar surface area (TPSA) is 70.8 Å². The number of aliphatic hydroxyl groups is 1. The number of anilines is 1. The fourth-order valence-corrected chi connectivity index (χ4v) is 3.88. The minimum atomic E-state index is -0.347. The van der Waals surface area contributed by atoms with Gasteiger partial charge in [-0.05, 0) is 48.5 Å². The van der Waals surface area contributed by atoms with Gasteiger partial charge in [-0.1, -0.05) is 27.5 Å². The standard InChI is InChI=1S/C22H22BrClN4O3/c23-16-1-7-19(8-2-16)31-21-20(27-11-9-26(10-12-27)13-14-29)15-25-28(22(21)30)18-5-3-17(24)4-6-18/h1-8,15,29H,9-14H2. The molecule has 1 aliphatic rings. The van der Waals surface area contributed by atoms with Crippen molar-refractivity contribution in [2.75, 3.05) is 44.2 Å². The molecule has 31 heavy (non-hydrogen) atoms. The molecule has 1 aromatic heterocycles. The predicted molar refractivity (Wildman–Crippen MR) is 125 cm³/mol. The lowest BCUT2D eigenvalue weighted by atomic mass is 10.2. The van der Waals surface area contributed by atoms with Gasteiger partial charge in [-0.15, -0.1) is 0 Å². The fourth-order valence-electron chi connectivity index (χ4n) is 3.49. The molecule has 0 bridgehead atoms. The summed E-state index contributed by atoms with van der Waals surface area (Å²) in [6.45, 7) is 3.78. The number of ether oxygens (including phenoxy) is 1. The second kappa shape index (κ2) is 9.82. The van der Waals surface area contributed by atoms with Crippen molar-refractivity contribution in [1.29, 1.82) is 0 Å². The fraction of sp³-hybridized carbons (Fsp3) is 0.273. The van der Waals surface area contributed by atoms with E-state index in [1.165, 1.54) is 4.68 Å². The first-order valence-corrected chi connectivity index (χ1v) is 11.1. The minimum absolute atomic E-state index is 0.136. The average Bonchev–Trinajstić information content (AvgIpc) is 2.78. The summed E-state index contributed by atoms with van der Waals surface area (Å²) in [5.74, 6) is 0.789. The number of hydrogen-bond donors (Lipinski definition) is 1. The molecule has 0 atom stereocenters.